The van der Waals surface area contributed by atoms with Crippen LogP contribution in [0.2, 0.25) is 0 Å². The van der Waals surface area contributed by atoms with Crippen molar-refractivity contribution in [1.29, 1.82) is 0 Å². The Balaban J connectivity index is 1.43. The van der Waals surface area contributed by atoms with E-state index in [1.54, 1.807) is 43.4 Å². The topological polar surface area (TPSA) is 141 Å². The number of non-ortho nitro benzene ring substituents is 1. The molecule has 0 bridgehead atoms. The summed E-state index contributed by atoms with van der Waals surface area (Å²) in [7, 11) is 3.21. The van der Waals surface area contributed by atoms with E-state index in [9.17, 15) is 14.9 Å². The second-order valence-electron chi connectivity index (χ2n) is 9.15. The van der Waals surface area contributed by atoms with E-state index < -0.39 is 4.92 Å². The first-order valence-electron chi connectivity index (χ1n) is 12.8. The predicted octanol–water partition coefficient (Wildman–Crippen LogP) is 5.06. The standard InChI is InChI=1S/C29H28N6O6/c1-39-14-15-41-24-12-8-20(9-13-24)30-27-26-25(18-34(28(26)36)17-19-6-10-23(40-2)11-7-19)32-29(33-27)31-21-4-3-5-22(16-21)35(37)38/h3-13,16H,14-15,17-18H2,1-2H3,(H2,30,31,32,33). The second kappa shape index (κ2) is 12.3. The minimum atomic E-state index is -0.472. The van der Waals surface area contributed by atoms with Crippen LogP contribution < -0.4 is 20.1 Å². The zero-order valence-electron chi connectivity index (χ0n) is 22.5. The summed E-state index contributed by atoms with van der Waals surface area (Å²) in [5.74, 6) is 1.72. The molecule has 2 N–H and O–H groups in total. The highest BCUT2D eigenvalue weighted by molar-refractivity contribution is 6.03. The van der Waals surface area contributed by atoms with Gasteiger partial charge in [0.05, 0.1) is 30.9 Å². The number of hydrogen-bond acceptors (Lipinski definition) is 10. The van der Waals surface area contributed by atoms with Crippen molar-refractivity contribution in [1.82, 2.24) is 14.9 Å². The van der Waals surface area contributed by atoms with Crippen LogP contribution in [0.4, 0.5) is 28.8 Å². The number of carbonyl (C=O) groups excluding carboxylic acids is 1. The summed E-state index contributed by atoms with van der Waals surface area (Å²) in [4.78, 5) is 35.2. The number of nitrogens with one attached hydrogen (secondary N) is 2. The summed E-state index contributed by atoms with van der Waals surface area (Å²) in [5, 5.41) is 17.5. The van der Waals surface area contributed by atoms with Gasteiger partial charge in [-0.1, -0.05) is 18.2 Å². The summed E-state index contributed by atoms with van der Waals surface area (Å²) in [5.41, 5.74) is 2.91. The fourth-order valence-corrected chi connectivity index (χ4v) is 4.32. The number of amides is 1. The van der Waals surface area contributed by atoms with Gasteiger partial charge in [-0.25, -0.2) is 4.98 Å². The summed E-state index contributed by atoms with van der Waals surface area (Å²) < 4.78 is 15.9. The number of anilines is 4. The normalized spacial score (nSPS) is 12.1. The van der Waals surface area contributed by atoms with Crippen molar-refractivity contribution < 1.29 is 23.9 Å². The zero-order chi connectivity index (χ0) is 28.8. The first-order valence-corrected chi connectivity index (χ1v) is 12.8. The van der Waals surface area contributed by atoms with Gasteiger partial charge >= 0.3 is 0 Å². The Kier molecular flexibility index (Phi) is 8.20. The molecule has 0 radical (unpaired) electrons. The van der Waals surface area contributed by atoms with Gasteiger partial charge in [-0.15, -0.1) is 0 Å². The van der Waals surface area contributed by atoms with Crippen LogP contribution in [-0.4, -0.2) is 53.1 Å². The van der Waals surface area contributed by atoms with E-state index in [1.807, 2.05) is 36.4 Å². The molecule has 12 heteroatoms. The molecule has 0 fully saturated rings. The summed E-state index contributed by atoms with van der Waals surface area (Å²) in [6.07, 6.45) is 0. The van der Waals surface area contributed by atoms with Crippen molar-refractivity contribution >= 4 is 34.7 Å². The summed E-state index contributed by atoms with van der Waals surface area (Å²) >= 11 is 0. The first kappa shape index (κ1) is 27.3. The van der Waals surface area contributed by atoms with E-state index in [4.69, 9.17) is 14.2 Å². The number of nitrogens with zero attached hydrogens (tertiary/aromatic N) is 4. The molecular formula is C29H28N6O6. The molecule has 0 atom stereocenters. The molecule has 3 aromatic carbocycles. The molecule has 41 heavy (non-hydrogen) atoms. The van der Waals surface area contributed by atoms with Crippen LogP contribution in [-0.2, 0) is 17.8 Å². The third-order valence-electron chi connectivity index (χ3n) is 6.34. The lowest BCUT2D eigenvalue weighted by Gasteiger charge is -2.16. The molecule has 1 aliphatic heterocycles. The molecule has 1 aliphatic rings. The van der Waals surface area contributed by atoms with Gasteiger partial charge in [-0.2, -0.15) is 4.98 Å². The maximum atomic E-state index is 13.6. The number of fused-ring (bicyclic) bond motifs is 1. The van der Waals surface area contributed by atoms with E-state index >= 15 is 0 Å². The van der Waals surface area contributed by atoms with Gasteiger partial charge in [0, 0.05) is 37.2 Å². The van der Waals surface area contributed by atoms with Crippen molar-refractivity contribution in [2.75, 3.05) is 38.1 Å². The van der Waals surface area contributed by atoms with Gasteiger partial charge < -0.3 is 29.7 Å². The van der Waals surface area contributed by atoms with Crippen LogP contribution in [0.3, 0.4) is 0 Å². The Morgan fingerprint density at radius 2 is 1.68 bits per heavy atom. The number of methoxy groups -OCH3 is 2. The van der Waals surface area contributed by atoms with Crippen LogP contribution in [0.15, 0.2) is 72.8 Å². The van der Waals surface area contributed by atoms with Crippen molar-refractivity contribution in [2.24, 2.45) is 0 Å². The minimum Gasteiger partial charge on any atom is -0.497 e. The number of ether oxygens (including phenoxy) is 3. The lowest BCUT2D eigenvalue weighted by atomic mass is 10.2. The van der Waals surface area contributed by atoms with Crippen molar-refractivity contribution in [3.05, 3.63) is 99.7 Å². The van der Waals surface area contributed by atoms with Crippen LogP contribution in [0.1, 0.15) is 21.6 Å². The fourth-order valence-electron chi connectivity index (χ4n) is 4.32. The lowest BCUT2D eigenvalue weighted by molar-refractivity contribution is -0.384. The average Bonchev–Trinajstić information content (AvgIpc) is 3.29. The maximum absolute atomic E-state index is 13.6. The molecule has 0 saturated heterocycles. The SMILES string of the molecule is COCCOc1ccc(Nc2nc(Nc3cccc([N+](=O)[O-])c3)nc3c2C(=O)N(Cc2ccc(OC)cc2)C3)cc1. The number of benzene rings is 3. The smallest absolute Gasteiger partial charge is 0.271 e. The van der Waals surface area contributed by atoms with Gasteiger partial charge in [0.25, 0.3) is 11.6 Å². The quantitative estimate of drug-likeness (QED) is 0.138. The fraction of sp³-hybridized carbons (Fsp3) is 0.207. The molecule has 2 heterocycles. The van der Waals surface area contributed by atoms with E-state index in [2.05, 4.69) is 20.6 Å². The third-order valence-corrected chi connectivity index (χ3v) is 6.34. The van der Waals surface area contributed by atoms with Crippen molar-refractivity contribution in [3.8, 4) is 11.5 Å². The highest BCUT2D eigenvalue weighted by Gasteiger charge is 2.33. The molecule has 0 saturated carbocycles. The van der Waals surface area contributed by atoms with Gasteiger partial charge in [-0.3, -0.25) is 14.9 Å². The molecule has 210 valence electrons. The number of hydrogen-bond donors (Lipinski definition) is 2. The average molecular weight is 557 g/mol. The van der Waals surface area contributed by atoms with Gasteiger partial charge in [0.15, 0.2) is 0 Å². The van der Waals surface area contributed by atoms with Gasteiger partial charge in [0.2, 0.25) is 5.95 Å². The van der Waals surface area contributed by atoms with E-state index in [0.29, 0.717) is 54.0 Å². The molecule has 4 aromatic rings. The molecular weight excluding hydrogens is 528 g/mol. The molecule has 0 spiro atoms. The summed E-state index contributed by atoms with van der Waals surface area (Å²) in [6.45, 7) is 1.55. The lowest BCUT2D eigenvalue weighted by Crippen LogP contribution is -2.23. The van der Waals surface area contributed by atoms with Crippen molar-refractivity contribution in [2.45, 2.75) is 13.1 Å². The Morgan fingerprint density at radius 1 is 0.927 bits per heavy atom. The summed E-state index contributed by atoms with van der Waals surface area (Å²) in [6, 6.07) is 20.8. The predicted molar refractivity (Wildman–Crippen MR) is 152 cm³/mol. The third kappa shape index (κ3) is 6.50. The Bertz CT molecular complexity index is 1540. The van der Waals surface area contributed by atoms with E-state index in [-0.39, 0.29) is 24.1 Å². The van der Waals surface area contributed by atoms with Gasteiger partial charge in [0.1, 0.15) is 29.5 Å². The van der Waals surface area contributed by atoms with Crippen LogP contribution in [0, 0.1) is 10.1 Å². The monoisotopic (exact) mass is 556 g/mol. The van der Waals surface area contributed by atoms with Gasteiger partial charge in [-0.05, 0) is 48.0 Å². The van der Waals surface area contributed by atoms with E-state index in [1.165, 1.54) is 12.1 Å². The molecule has 1 aromatic heterocycles. The number of nitro benzene ring substituents is 1. The first-order chi connectivity index (χ1) is 19.9. The number of nitro groups is 1. The maximum Gasteiger partial charge on any atom is 0.271 e. The van der Waals surface area contributed by atoms with Crippen LogP contribution in [0.5, 0.6) is 11.5 Å². The Labute approximate surface area is 236 Å². The molecule has 1 amide bonds. The number of rotatable bonds is 12. The molecule has 0 aliphatic carbocycles. The Hall–Kier alpha value is -5.23. The van der Waals surface area contributed by atoms with Crippen LogP contribution in [0.25, 0.3) is 0 Å². The van der Waals surface area contributed by atoms with Crippen LogP contribution >= 0.6 is 0 Å². The van der Waals surface area contributed by atoms with E-state index in [0.717, 1.165) is 11.3 Å². The molecule has 5 rings (SSSR count). The second-order valence-corrected chi connectivity index (χ2v) is 9.15. The Morgan fingerprint density at radius 3 is 2.39 bits per heavy atom. The number of aromatic nitrogens is 2. The van der Waals surface area contributed by atoms with Crippen molar-refractivity contribution in [3.63, 3.8) is 0 Å². The zero-order valence-corrected chi connectivity index (χ0v) is 22.5. The highest BCUT2D eigenvalue weighted by atomic mass is 16.6. The number of carbonyl (C=O) groups is 1. The highest BCUT2D eigenvalue weighted by Crippen LogP contribution is 2.32. The molecule has 12 nitrogen and oxygen atoms in total. The largest absolute Gasteiger partial charge is 0.497 e. The molecule has 0 unspecified atom stereocenters. The minimum absolute atomic E-state index is 0.0665.